The van der Waals surface area contributed by atoms with E-state index in [0.29, 0.717) is 13.0 Å². The second-order valence-corrected chi connectivity index (χ2v) is 6.30. The number of halogens is 2. The van der Waals surface area contributed by atoms with E-state index in [1.807, 2.05) is 19.2 Å². The molecule has 1 heterocycles. The highest BCUT2D eigenvalue weighted by Gasteiger charge is 2.67. The van der Waals surface area contributed by atoms with Gasteiger partial charge < -0.3 is 5.32 Å². The molecule has 6 heteroatoms. The van der Waals surface area contributed by atoms with Crippen molar-refractivity contribution in [2.24, 2.45) is 5.41 Å². The summed E-state index contributed by atoms with van der Waals surface area (Å²) in [5.41, 5.74) is -0.658. The summed E-state index contributed by atoms with van der Waals surface area (Å²) in [6.07, 6.45) is 4.07. The van der Waals surface area contributed by atoms with Gasteiger partial charge in [0, 0.05) is 18.4 Å². The Labute approximate surface area is 110 Å². The number of rotatable bonds is 4. The van der Waals surface area contributed by atoms with Gasteiger partial charge in [-0.25, -0.2) is 0 Å². The first-order valence-corrected chi connectivity index (χ1v) is 6.27. The number of hydrogen-bond acceptors (Lipinski definition) is 2. The van der Waals surface area contributed by atoms with Gasteiger partial charge >= 0.3 is 0 Å². The quantitative estimate of drug-likeness (QED) is 0.855. The predicted octanol–water partition coefficient (Wildman–Crippen LogP) is 1.97. The zero-order valence-electron chi connectivity index (χ0n) is 9.78. The maximum Gasteiger partial charge on any atom is 0.229 e. The summed E-state index contributed by atoms with van der Waals surface area (Å²) in [5, 5.41) is 6.99. The van der Waals surface area contributed by atoms with Crippen molar-refractivity contribution >= 4 is 29.1 Å². The van der Waals surface area contributed by atoms with Gasteiger partial charge in [0.1, 0.15) is 4.33 Å². The number of alkyl halides is 2. The molecule has 0 bridgehead atoms. The van der Waals surface area contributed by atoms with Gasteiger partial charge in [0.15, 0.2) is 0 Å². The van der Waals surface area contributed by atoms with E-state index in [2.05, 4.69) is 10.4 Å². The summed E-state index contributed by atoms with van der Waals surface area (Å²) in [6.45, 7) is 4.34. The second-order valence-electron chi connectivity index (χ2n) is 4.82. The lowest BCUT2D eigenvalue weighted by Crippen LogP contribution is -2.41. The Bertz CT molecular complexity index is 418. The van der Waals surface area contributed by atoms with Crippen molar-refractivity contribution in [2.75, 3.05) is 0 Å². The van der Waals surface area contributed by atoms with Crippen molar-refractivity contribution in [1.82, 2.24) is 15.1 Å². The fraction of sp³-hybridized carbons (Fsp3) is 0.636. The molecular weight excluding hydrogens is 261 g/mol. The van der Waals surface area contributed by atoms with E-state index in [1.54, 1.807) is 17.8 Å². The third-order valence-electron chi connectivity index (χ3n) is 3.16. The third-order valence-corrected chi connectivity index (χ3v) is 4.26. The summed E-state index contributed by atoms with van der Waals surface area (Å²) >= 11 is 11.9. The van der Waals surface area contributed by atoms with Crippen molar-refractivity contribution in [3.05, 3.63) is 18.5 Å². The minimum absolute atomic E-state index is 0.0102. The van der Waals surface area contributed by atoms with Gasteiger partial charge in [-0.1, -0.05) is 0 Å². The monoisotopic (exact) mass is 275 g/mol. The molecule has 2 rings (SSSR count). The van der Waals surface area contributed by atoms with Crippen LogP contribution >= 0.6 is 23.2 Å². The van der Waals surface area contributed by atoms with Crippen LogP contribution in [0.1, 0.15) is 20.3 Å². The number of amides is 1. The molecule has 0 radical (unpaired) electrons. The molecule has 1 saturated carbocycles. The lowest BCUT2D eigenvalue weighted by atomic mass is 10.1. The standard InChI is InChI=1S/C11H15Cl2N3O/c1-8(6-16-5-3-4-14-16)15-9(17)10(2)7-11(10,12)13/h3-5,8H,6-7H2,1-2H3,(H,15,17). The topological polar surface area (TPSA) is 46.9 Å². The smallest absolute Gasteiger partial charge is 0.229 e. The highest BCUT2D eigenvalue weighted by atomic mass is 35.5. The number of carbonyl (C=O) groups excluding carboxylic acids is 1. The van der Waals surface area contributed by atoms with Crippen molar-refractivity contribution in [2.45, 2.75) is 37.2 Å². The van der Waals surface area contributed by atoms with E-state index in [1.165, 1.54) is 0 Å². The van der Waals surface area contributed by atoms with Crippen LogP contribution in [0.3, 0.4) is 0 Å². The van der Waals surface area contributed by atoms with Crippen LogP contribution in [0.25, 0.3) is 0 Å². The molecular formula is C11H15Cl2N3O. The first kappa shape index (κ1) is 12.7. The lowest BCUT2D eigenvalue weighted by Gasteiger charge is -2.18. The molecule has 1 N–H and O–H groups in total. The zero-order chi connectivity index (χ0) is 12.7. The van der Waals surface area contributed by atoms with Gasteiger partial charge in [0.2, 0.25) is 5.91 Å². The Kier molecular flexibility index (Phi) is 3.12. The minimum Gasteiger partial charge on any atom is -0.351 e. The average molecular weight is 276 g/mol. The van der Waals surface area contributed by atoms with E-state index >= 15 is 0 Å². The summed E-state index contributed by atoms with van der Waals surface area (Å²) in [6, 6.07) is 1.84. The van der Waals surface area contributed by atoms with Crippen molar-refractivity contribution in [3.63, 3.8) is 0 Å². The van der Waals surface area contributed by atoms with Crippen molar-refractivity contribution < 1.29 is 4.79 Å². The summed E-state index contributed by atoms with van der Waals surface area (Å²) < 4.78 is 0.858. The maximum atomic E-state index is 12.0. The van der Waals surface area contributed by atoms with E-state index in [0.717, 1.165) is 0 Å². The molecule has 2 atom stereocenters. The van der Waals surface area contributed by atoms with Crippen LogP contribution in [0.15, 0.2) is 18.5 Å². The number of nitrogens with zero attached hydrogens (tertiary/aromatic N) is 2. The Morgan fingerprint density at radius 2 is 2.29 bits per heavy atom. The number of nitrogens with one attached hydrogen (secondary N) is 1. The molecule has 0 saturated heterocycles. The van der Waals surface area contributed by atoms with E-state index in [4.69, 9.17) is 23.2 Å². The van der Waals surface area contributed by atoms with E-state index < -0.39 is 9.75 Å². The largest absolute Gasteiger partial charge is 0.351 e. The van der Waals surface area contributed by atoms with Gasteiger partial charge in [0.25, 0.3) is 0 Å². The van der Waals surface area contributed by atoms with Gasteiger partial charge in [-0.05, 0) is 26.3 Å². The van der Waals surface area contributed by atoms with Crippen LogP contribution in [-0.4, -0.2) is 26.1 Å². The first-order valence-electron chi connectivity index (χ1n) is 5.51. The van der Waals surface area contributed by atoms with Crippen LogP contribution in [0.4, 0.5) is 0 Å². The van der Waals surface area contributed by atoms with Crippen LogP contribution < -0.4 is 5.32 Å². The zero-order valence-corrected chi connectivity index (χ0v) is 11.3. The lowest BCUT2D eigenvalue weighted by molar-refractivity contribution is -0.126. The Morgan fingerprint density at radius 3 is 2.76 bits per heavy atom. The number of hydrogen-bond donors (Lipinski definition) is 1. The summed E-state index contributed by atoms with van der Waals surface area (Å²) in [4.78, 5) is 12.0. The fourth-order valence-corrected chi connectivity index (χ4v) is 2.47. The van der Waals surface area contributed by atoms with Crippen molar-refractivity contribution in [1.29, 1.82) is 0 Å². The van der Waals surface area contributed by atoms with E-state index in [9.17, 15) is 4.79 Å². The van der Waals surface area contributed by atoms with Gasteiger partial charge in [-0.2, -0.15) is 5.10 Å². The average Bonchev–Trinajstić information content (AvgIpc) is 2.64. The molecule has 94 valence electrons. The van der Waals surface area contributed by atoms with Crippen LogP contribution in [0, 0.1) is 5.41 Å². The van der Waals surface area contributed by atoms with Gasteiger partial charge in [-0.3, -0.25) is 9.48 Å². The van der Waals surface area contributed by atoms with Crippen LogP contribution in [0.5, 0.6) is 0 Å². The van der Waals surface area contributed by atoms with Crippen molar-refractivity contribution in [3.8, 4) is 0 Å². The Morgan fingerprint density at radius 1 is 1.65 bits per heavy atom. The van der Waals surface area contributed by atoms with Gasteiger partial charge in [0.05, 0.1) is 12.0 Å². The van der Waals surface area contributed by atoms with Crippen LogP contribution in [-0.2, 0) is 11.3 Å². The molecule has 1 amide bonds. The fourth-order valence-electron chi connectivity index (χ4n) is 1.76. The number of aromatic nitrogens is 2. The molecule has 1 fully saturated rings. The summed E-state index contributed by atoms with van der Waals surface area (Å²) in [5.74, 6) is -0.0952. The Hall–Kier alpha value is -0.740. The molecule has 17 heavy (non-hydrogen) atoms. The molecule has 1 aromatic heterocycles. The first-order chi connectivity index (χ1) is 7.85. The molecule has 1 aliphatic carbocycles. The molecule has 0 aliphatic heterocycles. The summed E-state index contributed by atoms with van der Waals surface area (Å²) in [7, 11) is 0. The predicted molar refractivity (Wildman–Crippen MR) is 67.0 cm³/mol. The maximum absolute atomic E-state index is 12.0. The molecule has 2 unspecified atom stereocenters. The minimum atomic E-state index is -0.914. The molecule has 0 spiro atoms. The molecule has 1 aromatic rings. The normalized spacial score (nSPS) is 27.5. The van der Waals surface area contributed by atoms with Gasteiger partial charge in [-0.15, -0.1) is 23.2 Å². The molecule has 1 aliphatic rings. The Balaban J connectivity index is 1.88. The SMILES string of the molecule is CC(Cn1cccn1)NC(=O)C1(C)CC1(Cl)Cl. The second kappa shape index (κ2) is 4.18. The van der Waals surface area contributed by atoms with Crippen LogP contribution in [0.2, 0.25) is 0 Å². The number of carbonyl (C=O) groups is 1. The molecule has 0 aromatic carbocycles. The van der Waals surface area contributed by atoms with E-state index in [-0.39, 0.29) is 11.9 Å². The highest BCUT2D eigenvalue weighted by molar-refractivity contribution is 6.53. The molecule has 4 nitrogen and oxygen atoms in total. The highest BCUT2D eigenvalue weighted by Crippen LogP contribution is 2.63. The third kappa shape index (κ3) is 2.43.